The molecule has 3 nitrogen and oxygen atoms in total. The summed E-state index contributed by atoms with van der Waals surface area (Å²) in [6.07, 6.45) is 0. The predicted molar refractivity (Wildman–Crippen MR) is 96.2 cm³/mol. The van der Waals surface area contributed by atoms with Crippen molar-refractivity contribution in [2.24, 2.45) is 0 Å². The van der Waals surface area contributed by atoms with Gasteiger partial charge in [0, 0.05) is 23.7 Å². The van der Waals surface area contributed by atoms with E-state index in [1.165, 1.54) is 17.4 Å². The summed E-state index contributed by atoms with van der Waals surface area (Å²) in [5, 5.41) is 2.18. The number of aryl methyl sites for hydroxylation is 2. The first kappa shape index (κ1) is 16.3. The molecule has 1 heterocycles. The molecule has 0 N–H and O–H groups in total. The number of thiazole rings is 1. The Bertz CT molecular complexity index is 904. The van der Waals surface area contributed by atoms with E-state index in [0.717, 1.165) is 16.8 Å². The van der Waals surface area contributed by atoms with Gasteiger partial charge in [-0.2, -0.15) is 0 Å². The van der Waals surface area contributed by atoms with Crippen molar-refractivity contribution in [1.29, 1.82) is 0 Å². The number of hydrogen-bond acceptors (Lipinski definition) is 3. The Morgan fingerprint density at radius 2 is 1.92 bits per heavy atom. The van der Waals surface area contributed by atoms with E-state index in [0.29, 0.717) is 16.3 Å². The third-order valence-corrected chi connectivity index (χ3v) is 4.72. The van der Waals surface area contributed by atoms with Crippen LogP contribution in [0, 0.1) is 19.7 Å². The Kier molecular flexibility index (Phi) is 4.44. The molecule has 0 bridgehead atoms. The zero-order chi connectivity index (χ0) is 17.3. The number of anilines is 1. The maximum absolute atomic E-state index is 13.9. The van der Waals surface area contributed by atoms with Gasteiger partial charge in [0.05, 0.1) is 0 Å². The van der Waals surface area contributed by atoms with E-state index < -0.39 is 0 Å². The van der Waals surface area contributed by atoms with Gasteiger partial charge in [0.25, 0.3) is 5.91 Å². The highest BCUT2D eigenvalue weighted by Gasteiger charge is 2.19. The lowest BCUT2D eigenvalue weighted by atomic mass is 10.1. The predicted octanol–water partition coefficient (Wildman–Crippen LogP) is 4.84. The molecular weight excluding hydrogens is 323 g/mol. The van der Waals surface area contributed by atoms with Gasteiger partial charge in [-0.1, -0.05) is 29.8 Å². The third-order valence-electron chi connectivity index (χ3n) is 3.85. The smallest absolute Gasteiger partial charge is 0.277 e. The van der Waals surface area contributed by atoms with Crippen LogP contribution >= 0.6 is 11.3 Å². The molecule has 1 aromatic heterocycles. The molecule has 24 heavy (non-hydrogen) atoms. The van der Waals surface area contributed by atoms with Crippen molar-refractivity contribution in [3.63, 3.8) is 0 Å². The van der Waals surface area contributed by atoms with Crippen molar-refractivity contribution in [3.8, 4) is 10.6 Å². The fourth-order valence-electron chi connectivity index (χ4n) is 2.59. The molecule has 0 saturated heterocycles. The number of nitrogens with zero attached hydrogens (tertiary/aromatic N) is 2. The van der Waals surface area contributed by atoms with Crippen molar-refractivity contribution in [2.75, 3.05) is 11.9 Å². The molecule has 0 fully saturated rings. The molecule has 0 saturated carbocycles. The van der Waals surface area contributed by atoms with Crippen LogP contribution in [0.25, 0.3) is 10.6 Å². The van der Waals surface area contributed by atoms with Crippen LogP contribution in [0.2, 0.25) is 0 Å². The number of carbonyl (C=O) groups excluding carboxylic acids is 1. The van der Waals surface area contributed by atoms with Gasteiger partial charge in [-0.05, 0) is 37.6 Å². The number of benzene rings is 2. The molecule has 0 aliphatic heterocycles. The van der Waals surface area contributed by atoms with Gasteiger partial charge in [0.2, 0.25) is 0 Å². The third kappa shape index (κ3) is 3.08. The molecule has 3 aromatic rings. The number of hydrogen-bond donors (Lipinski definition) is 0. The van der Waals surface area contributed by atoms with Gasteiger partial charge in [0.15, 0.2) is 0 Å². The van der Waals surface area contributed by atoms with Crippen LogP contribution in [-0.2, 0) is 0 Å². The molecule has 0 spiro atoms. The standard InChI is InChI=1S/C19H17FN2OS/c1-12-8-9-17(13(2)10-12)22(3)19(23)16-11-24-18(21-16)14-6-4-5-7-15(14)20/h4-11H,1-3H3. The number of carbonyl (C=O) groups is 1. The summed E-state index contributed by atoms with van der Waals surface area (Å²) in [5.74, 6) is -0.547. The Labute approximate surface area is 144 Å². The lowest BCUT2D eigenvalue weighted by molar-refractivity contribution is 0.0989. The molecule has 0 unspecified atom stereocenters. The summed E-state index contributed by atoms with van der Waals surface area (Å²) < 4.78 is 13.9. The summed E-state index contributed by atoms with van der Waals surface area (Å²) in [7, 11) is 1.72. The molecule has 2 aromatic carbocycles. The first-order chi connectivity index (χ1) is 11.5. The van der Waals surface area contributed by atoms with E-state index in [2.05, 4.69) is 4.98 Å². The van der Waals surface area contributed by atoms with Crippen LogP contribution in [0.3, 0.4) is 0 Å². The minimum atomic E-state index is -0.339. The largest absolute Gasteiger partial charge is 0.310 e. The summed E-state index contributed by atoms with van der Waals surface area (Å²) in [4.78, 5) is 18.6. The molecule has 5 heteroatoms. The molecule has 0 atom stereocenters. The zero-order valence-electron chi connectivity index (χ0n) is 13.7. The maximum atomic E-state index is 13.9. The fourth-order valence-corrected chi connectivity index (χ4v) is 3.41. The Hall–Kier alpha value is -2.53. The summed E-state index contributed by atoms with van der Waals surface area (Å²) in [5.41, 5.74) is 3.74. The van der Waals surface area contributed by atoms with E-state index in [4.69, 9.17) is 0 Å². The maximum Gasteiger partial charge on any atom is 0.277 e. The highest BCUT2D eigenvalue weighted by Crippen LogP contribution is 2.28. The Morgan fingerprint density at radius 1 is 1.17 bits per heavy atom. The van der Waals surface area contributed by atoms with Crippen LogP contribution in [0.5, 0.6) is 0 Å². The van der Waals surface area contributed by atoms with E-state index >= 15 is 0 Å². The number of amides is 1. The van der Waals surface area contributed by atoms with E-state index in [9.17, 15) is 9.18 Å². The summed E-state index contributed by atoms with van der Waals surface area (Å²) in [6.45, 7) is 3.98. The van der Waals surface area contributed by atoms with Crippen LogP contribution in [0.4, 0.5) is 10.1 Å². The van der Waals surface area contributed by atoms with Crippen LogP contribution < -0.4 is 4.90 Å². The number of aromatic nitrogens is 1. The second kappa shape index (κ2) is 6.53. The molecule has 0 radical (unpaired) electrons. The number of halogens is 1. The summed E-state index contributed by atoms with van der Waals surface area (Å²) in [6, 6.07) is 12.4. The van der Waals surface area contributed by atoms with E-state index in [1.54, 1.807) is 35.5 Å². The average molecular weight is 340 g/mol. The molecular formula is C19H17FN2OS. The van der Waals surface area contributed by atoms with Gasteiger partial charge >= 0.3 is 0 Å². The Balaban J connectivity index is 1.90. The second-order valence-electron chi connectivity index (χ2n) is 5.67. The second-order valence-corrected chi connectivity index (χ2v) is 6.53. The molecule has 3 rings (SSSR count). The average Bonchev–Trinajstić information content (AvgIpc) is 3.03. The first-order valence-corrected chi connectivity index (χ1v) is 8.41. The normalized spacial score (nSPS) is 10.7. The minimum absolute atomic E-state index is 0.208. The number of rotatable bonds is 3. The van der Waals surface area contributed by atoms with E-state index in [1.807, 2.05) is 32.0 Å². The van der Waals surface area contributed by atoms with Crippen molar-refractivity contribution in [3.05, 3.63) is 70.5 Å². The topological polar surface area (TPSA) is 33.2 Å². The lowest BCUT2D eigenvalue weighted by Crippen LogP contribution is -2.27. The zero-order valence-corrected chi connectivity index (χ0v) is 14.5. The van der Waals surface area contributed by atoms with Gasteiger partial charge in [0.1, 0.15) is 16.5 Å². The van der Waals surface area contributed by atoms with Crippen LogP contribution in [-0.4, -0.2) is 17.9 Å². The van der Waals surface area contributed by atoms with Crippen LogP contribution in [0.1, 0.15) is 21.6 Å². The monoisotopic (exact) mass is 340 g/mol. The molecule has 1 amide bonds. The molecule has 0 aliphatic carbocycles. The molecule has 122 valence electrons. The van der Waals surface area contributed by atoms with Gasteiger partial charge in [-0.3, -0.25) is 4.79 Å². The molecule has 0 aliphatic rings. The lowest BCUT2D eigenvalue weighted by Gasteiger charge is -2.18. The van der Waals surface area contributed by atoms with Gasteiger partial charge in [-0.15, -0.1) is 11.3 Å². The van der Waals surface area contributed by atoms with E-state index in [-0.39, 0.29) is 11.7 Å². The highest BCUT2D eigenvalue weighted by atomic mass is 32.1. The quantitative estimate of drug-likeness (QED) is 0.683. The van der Waals surface area contributed by atoms with Crippen molar-refractivity contribution >= 4 is 22.9 Å². The minimum Gasteiger partial charge on any atom is -0.310 e. The van der Waals surface area contributed by atoms with Crippen molar-refractivity contribution in [1.82, 2.24) is 4.98 Å². The Morgan fingerprint density at radius 3 is 2.62 bits per heavy atom. The van der Waals surface area contributed by atoms with Crippen LogP contribution in [0.15, 0.2) is 47.8 Å². The highest BCUT2D eigenvalue weighted by molar-refractivity contribution is 7.13. The fraction of sp³-hybridized carbons (Fsp3) is 0.158. The van der Waals surface area contributed by atoms with Crippen molar-refractivity contribution < 1.29 is 9.18 Å². The van der Waals surface area contributed by atoms with Gasteiger partial charge < -0.3 is 4.90 Å². The first-order valence-electron chi connectivity index (χ1n) is 7.53. The van der Waals surface area contributed by atoms with Gasteiger partial charge in [-0.25, -0.2) is 9.37 Å². The summed E-state index contributed by atoms with van der Waals surface area (Å²) >= 11 is 1.27. The SMILES string of the molecule is Cc1ccc(N(C)C(=O)c2csc(-c3ccccc3F)n2)c(C)c1. The van der Waals surface area contributed by atoms with Crippen molar-refractivity contribution in [2.45, 2.75) is 13.8 Å².